The van der Waals surface area contributed by atoms with Crippen LogP contribution in [-0.4, -0.2) is 15.8 Å². The summed E-state index contributed by atoms with van der Waals surface area (Å²) in [6, 6.07) is 11.6. The Morgan fingerprint density at radius 1 is 1.04 bits per heavy atom. The molecule has 0 radical (unpaired) electrons. The molecule has 0 spiro atoms. The van der Waals surface area contributed by atoms with Gasteiger partial charge in [-0.25, -0.2) is 9.97 Å². The molecule has 0 atom stereocenters. The number of halogens is 3. The Bertz CT molecular complexity index is 1040. The predicted octanol–water partition coefficient (Wildman–Crippen LogP) is 5.17. The maximum Gasteiger partial charge on any atom is 0.213 e. The van der Waals surface area contributed by atoms with Crippen LogP contribution in [0.3, 0.4) is 0 Å². The molecule has 0 aliphatic carbocycles. The maximum absolute atomic E-state index is 13.3. The third-order valence-corrected chi connectivity index (χ3v) is 5.10. The average molecular weight is 418 g/mol. The van der Waals surface area contributed by atoms with Crippen molar-refractivity contribution in [2.45, 2.75) is 26.3 Å². The molecule has 0 aliphatic heterocycles. The van der Waals surface area contributed by atoms with E-state index >= 15 is 0 Å². The van der Waals surface area contributed by atoms with Gasteiger partial charge in [-0.3, -0.25) is 4.79 Å². The lowest BCUT2D eigenvalue weighted by Crippen LogP contribution is -2.08. The number of rotatable bonds is 6. The van der Waals surface area contributed by atoms with Crippen molar-refractivity contribution in [2.75, 3.05) is 0 Å². The highest BCUT2D eigenvalue weighted by molar-refractivity contribution is 6.42. The Balaban J connectivity index is 1.86. The molecule has 2 N–H and O–H groups in total. The number of carbonyl (C=O) groups excluding carboxylic acids is 1. The third kappa shape index (κ3) is 4.73. The van der Waals surface area contributed by atoms with E-state index in [1.54, 1.807) is 37.3 Å². The summed E-state index contributed by atoms with van der Waals surface area (Å²) in [6.45, 7) is 1.96. The van der Waals surface area contributed by atoms with Crippen LogP contribution in [0.5, 0.6) is 0 Å². The van der Waals surface area contributed by atoms with Crippen molar-refractivity contribution in [3.63, 3.8) is 0 Å². The normalized spacial score (nSPS) is 10.9. The molecule has 4 nitrogen and oxygen atoms in total. The van der Waals surface area contributed by atoms with Crippen molar-refractivity contribution in [3.05, 3.63) is 81.0 Å². The van der Waals surface area contributed by atoms with E-state index in [9.17, 15) is 9.18 Å². The molecule has 0 fully saturated rings. The molecule has 0 saturated heterocycles. The number of nitrogens with two attached hydrogens (primary N) is 1. The second-order valence-corrected chi connectivity index (χ2v) is 7.20. The second kappa shape index (κ2) is 8.78. The van der Waals surface area contributed by atoms with Crippen molar-refractivity contribution in [1.82, 2.24) is 9.97 Å². The molecular formula is C21H18Cl2FN3O. The minimum absolute atomic E-state index is 0.115. The monoisotopic (exact) mass is 417 g/mol. The van der Waals surface area contributed by atoms with Gasteiger partial charge in [-0.2, -0.15) is 4.39 Å². The number of aryl methyl sites for hydroxylation is 2. The van der Waals surface area contributed by atoms with Crippen LogP contribution in [0.4, 0.5) is 4.39 Å². The first-order valence-corrected chi connectivity index (χ1v) is 9.44. The number of nitrogens with zero attached hydrogens (tertiary/aromatic N) is 2. The maximum atomic E-state index is 13.3. The summed E-state index contributed by atoms with van der Waals surface area (Å²) >= 11 is 11.9. The van der Waals surface area contributed by atoms with Crippen molar-refractivity contribution in [3.8, 4) is 11.3 Å². The first-order chi connectivity index (χ1) is 13.4. The van der Waals surface area contributed by atoms with Gasteiger partial charge in [-0.05, 0) is 60.9 Å². The van der Waals surface area contributed by atoms with Gasteiger partial charge < -0.3 is 5.73 Å². The summed E-state index contributed by atoms with van der Waals surface area (Å²) in [5.74, 6) is -0.676. The van der Waals surface area contributed by atoms with Gasteiger partial charge in [0, 0.05) is 24.2 Å². The molecule has 2 aromatic heterocycles. The number of pyridine rings is 2. The molecule has 0 aliphatic rings. The number of Topliss-reactive ketones (excluding diaryl/α,β-unsaturated/α-hetero) is 1. The zero-order valence-electron chi connectivity index (χ0n) is 15.2. The minimum Gasteiger partial charge on any atom is -0.326 e. The van der Waals surface area contributed by atoms with Crippen LogP contribution in [0.2, 0.25) is 10.0 Å². The zero-order valence-corrected chi connectivity index (χ0v) is 16.7. The quantitative estimate of drug-likeness (QED) is 0.443. The lowest BCUT2D eigenvalue weighted by atomic mass is 10.0. The van der Waals surface area contributed by atoms with Crippen LogP contribution < -0.4 is 5.73 Å². The smallest absolute Gasteiger partial charge is 0.213 e. The largest absolute Gasteiger partial charge is 0.326 e. The molecule has 0 unspecified atom stereocenters. The van der Waals surface area contributed by atoms with Gasteiger partial charge in [0.2, 0.25) is 5.95 Å². The van der Waals surface area contributed by atoms with E-state index in [1.165, 1.54) is 6.07 Å². The molecule has 0 amide bonds. The molecule has 1 aromatic carbocycles. The van der Waals surface area contributed by atoms with E-state index in [1.807, 2.05) is 6.07 Å². The van der Waals surface area contributed by atoms with E-state index in [4.69, 9.17) is 28.9 Å². The van der Waals surface area contributed by atoms with Gasteiger partial charge in [-0.1, -0.05) is 29.3 Å². The Morgan fingerprint density at radius 2 is 1.82 bits per heavy atom. The Kier molecular flexibility index (Phi) is 6.39. The summed E-state index contributed by atoms with van der Waals surface area (Å²) < 4.78 is 13.3. The highest BCUT2D eigenvalue weighted by Gasteiger charge is 2.14. The Labute approximate surface area is 172 Å². The lowest BCUT2D eigenvalue weighted by Gasteiger charge is -2.10. The first-order valence-electron chi connectivity index (χ1n) is 8.69. The van der Waals surface area contributed by atoms with Gasteiger partial charge in [0.25, 0.3) is 0 Å². The van der Waals surface area contributed by atoms with Gasteiger partial charge in [0.15, 0.2) is 5.78 Å². The molecule has 0 saturated carbocycles. The molecule has 3 rings (SSSR count). The first kappa shape index (κ1) is 20.4. The molecule has 0 bridgehead atoms. The SMILES string of the molecule is Cc1nc(F)ccc1-c1cc(CN)cc(C(=O)CCc2ccc(Cl)c(Cl)c2)n1. The van der Waals surface area contributed by atoms with Gasteiger partial charge in [0.1, 0.15) is 5.69 Å². The van der Waals surface area contributed by atoms with Crippen molar-refractivity contribution < 1.29 is 9.18 Å². The third-order valence-electron chi connectivity index (χ3n) is 4.36. The summed E-state index contributed by atoms with van der Waals surface area (Å²) in [5.41, 5.74) is 9.49. The number of hydrogen-bond acceptors (Lipinski definition) is 4. The van der Waals surface area contributed by atoms with Crippen LogP contribution in [0.25, 0.3) is 11.3 Å². The fourth-order valence-corrected chi connectivity index (χ4v) is 3.19. The number of benzene rings is 1. The summed E-state index contributed by atoms with van der Waals surface area (Å²) in [4.78, 5) is 21.0. The Morgan fingerprint density at radius 3 is 2.50 bits per heavy atom. The number of ketones is 1. The van der Waals surface area contributed by atoms with Crippen LogP contribution in [0.15, 0.2) is 42.5 Å². The standard InChI is InChI=1S/C21H18Cl2FN3O/c1-12-15(4-7-21(24)26-12)18-9-14(11-25)10-19(27-18)20(28)6-3-13-2-5-16(22)17(23)8-13/h2,4-5,7-10H,3,6,11,25H2,1H3. The molecule has 7 heteroatoms. The fourth-order valence-electron chi connectivity index (χ4n) is 2.87. The number of aromatic nitrogens is 2. The lowest BCUT2D eigenvalue weighted by molar-refractivity contribution is 0.0978. The second-order valence-electron chi connectivity index (χ2n) is 6.39. The fraction of sp³-hybridized carbons (Fsp3) is 0.190. The van der Waals surface area contributed by atoms with Crippen molar-refractivity contribution >= 4 is 29.0 Å². The van der Waals surface area contributed by atoms with Crippen LogP contribution in [-0.2, 0) is 13.0 Å². The minimum atomic E-state index is -0.561. The zero-order chi connectivity index (χ0) is 20.3. The number of carbonyl (C=O) groups is 1. The molecular weight excluding hydrogens is 400 g/mol. The average Bonchev–Trinajstić information content (AvgIpc) is 2.68. The van der Waals surface area contributed by atoms with Crippen molar-refractivity contribution in [2.24, 2.45) is 5.73 Å². The van der Waals surface area contributed by atoms with E-state index < -0.39 is 5.95 Å². The van der Waals surface area contributed by atoms with E-state index in [0.29, 0.717) is 39.1 Å². The topological polar surface area (TPSA) is 68.9 Å². The summed E-state index contributed by atoms with van der Waals surface area (Å²) in [6.07, 6.45) is 0.774. The van der Waals surface area contributed by atoms with E-state index in [-0.39, 0.29) is 18.7 Å². The highest BCUT2D eigenvalue weighted by atomic mass is 35.5. The summed E-state index contributed by atoms with van der Waals surface area (Å²) in [5, 5.41) is 0.929. The summed E-state index contributed by atoms with van der Waals surface area (Å²) in [7, 11) is 0. The highest BCUT2D eigenvalue weighted by Crippen LogP contribution is 2.25. The van der Waals surface area contributed by atoms with Gasteiger partial charge in [-0.15, -0.1) is 0 Å². The molecule has 144 valence electrons. The van der Waals surface area contributed by atoms with Crippen LogP contribution >= 0.6 is 23.2 Å². The van der Waals surface area contributed by atoms with Crippen LogP contribution in [0.1, 0.15) is 33.7 Å². The van der Waals surface area contributed by atoms with E-state index in [0.717, 1.165) is 11.1 Å². The van der Waals surface area contributed by atoms with Crippen LogP contribution in [0, 0.1) is 12.9 Å². The molecule has 28 heavy (non-hydrogen) atoms. The van der Waals surface area contributed by atoms with Gasteiger partial charge in [0.05, 0.1) is 15.7 Å². The predicted molar refractivity (Wildman–Crippen MR) is 109 cm³/mol. The van der Waals surface area contributed by atoms with Crippen molar-refractivity contribution in [1.29, 1.82) is 0 Å². The number of hydrogen-bond donors (Lipinski definition) is 1. The Hall–Kier alpha value is -2.34. The van der Waals surface area contributed by atoms with E-state index in [2.05, 4.69) is 9.97 Å². The van der Waals surface area contributed by atoms with Gasteiger partial charge >= 0.3 is 0 Å². The molecule has 2 heterocycles. The molecule has 3 aromatic rings.